The summed E-state index contributed by atoms with van der Waals surface area (Å²) in [7, 11) is 0. The van der Waals surface area contributed by atoms with Gasteiger partial charge in [0.25, 0.3) is 0 Å². The predicted octanol–water partition coefficient (Wildman–Crippen LogP) is 7.74. The number of fused-ring (bicyclic) bond motifs is 3. The van der Waals surface area contributed by atoms with Crippen molar-refractivity contribution in [1.82, 2.24) is 0 Å². The fourth-order valence-electron chi connectivity index (χ4n) is 4.31. The number of halogens is 6. The van der Waals surface area contributed by atoms with Crippen LogP contribution in [-0.2, 0) is 12.8 Å². The highest BCUT2D eigenvalue weighted by molar-refractivity contribution is 5.77. The molecular formula is C23H24F6. The molecule has 29 heavy (non-hydrogen) atoms. The van der Waals surface area contributed by atoms with Crippen molar-refractivity contribution in [3.8, 4) is 11.1 Å². The van der Waals surface area contributed by atoms with Crippen LogP contribution < -0.4 is 0 Å². The zero-order chi connectivity index (χ0) is 21.2. The lowest BCUT2D eigenvalue weighted by Gasteiger charge is -2.27. The van der Waals surface area contributed by atoms with Gasteiger partial charge >= 0.3 is 12.4 Å². The quantitative estimate of drug-likeness (QED) is 0.347. The maximum absolute atomic E-state index is 13.5. The van der Waals surface area contributed by atoms with E-state index in [2.05, 4.69) is 0 Å². The Hall–Kier alpha value is -1.98. The fraction of sp³-hybridized carbons (Fsp3) is 0.478. The van der Waals surface area contributed by atoms with Crippen molar-refractivity contribution in [2.45, 2.75) is 57.8 Å². The van der Waals surface area contributed by atoms with Gasteiger partial charge < -0.3 is 0 Å². The zero-order valence-electron chi connectivity index (χ0n) is 16.2. The predicted molar refractivity (Wildman–Crippen MR) is 102 cm³/mol. The summed E-state index contributed by atoms with van der Waals surface area (Å²) in [5.74, 6) is -3.87. The second-order valence-electron chi connectivity index (χ2n) is 7.82. The Labute approximate surface area is 166 Å². The molecule has 2 atom stereocenters. The van der Waals surface area contributed by atoms with Crippen molar-refractivity contribution < 1.29 is 26.3 Å². The average Bonchev–Trinajstić information content (AvgIpc) is 3.01. The lowest BCUT2D eigenvalue weighted by molar-refractivity contribution is -0.212. The van der Waals surface area contributed by atoms with Crippen LogP contribution in [-0.4, -0.2) is 12.4 Å². The smallest absolute Gasteiger partial charge is 0.171 e. The minimum atomic E-state index is -4.64. The molecule has 0 amide bonds. The van der Waals surface area contributed by atoms with Gasteiger partial charge in [0.05, 0.1) is 11.8 Å². The fourth-order valence-corrected chi connectivity index (χ4v) is 4.31. The minimum absolute atomic E-state index is 0.123. The van der Waals surface area contributed by atoms with Gasteiger partial charge in [0.2, 0.25) is 0 Å². The van der Waals surface area contributed by atoms with Crippen LogP contribution in [0, 0.1) is 11.8 Å². The minimum Gasteiger partial charge on any atom is -0.171 e. The molecule has 0 bridgehead atoms. The van der Waals surface area contributed by atoms with E-state index < -0.39 is 30.6 Å². The molecule has 2 aromatic rings. The van der Waals surface area contributed by atoms with E-state index in [0.717, 1.165) is 27.8 Å². The van der Waals surface area contributed by atoms with Crippen molar-refractivity contribution in [1.29, 1.82) is 0 Å². The van der Waals surface area contributed by atoms with Crippen molar-refractivity contribution in [2.24, 2.45) is 11.8 Å². The van der Waals surface area contributed by atoms with Gasteiger partial charge in [-0.3, -0.25) is 0 Å². The van der Waals surface area contributed by atoms with E-state index in [0.29, 0.717) is 6.42 Å². The van der Waals surface area contributed by atoms with Gasteiger partial charge in [-0.05, 0) is 59.9 Å². The third-order valence-corrected chi connectivity index (χ3v) is 5.84. The molecule has 3 rings (SSSR count). The summed E-state index contributed by atoms with van der Waals surface area (Å²) in [6.45, 7) is 1.56. The van der Waals surface area contributed by atoms with E-state index in [4.69, 9.17) is 0 Å². The van der Waals surface area contributed by atoms with E-state index in [9.17, 15) is 26.3 Å². The lowest BCUT2D eigenvalue weighted by atomic mass is 9.85. The van der Waals surface area contributed by atoms with E-state index in [1.54, 1.807) is 13.0 Å². The summed E-state index contributed by atoms with van der Waals surface area (Å²) in [4.78, 5) is 0. The summed E-state index contributed by atoms with van der Waals surface area (Å²) in [5.41, 5.74) is 5.02. The highest BCUT2D eigenvalue weighted by Gasteiger charge is 2.46. The molecule has 0 radical (unpaired) electrons. The van der Waals surface area contributed by atoms with Gasteiger partial charge in [-0.2, -0.15) is 26.3 Å². The first kappa shape index (κ1) is 21.7. The van der Waals surface area contributed by atoms with Crippen molar-refractivity contribution in [2.75, 3.05) is 0 Å². The van der Waals surface area contributed by atoms with Crippen LogP contribution in [0.3, 0.4) is 0 Å². The van der Waals surface area contributed by atoms with Crippen molar-refractivity contribution in [3.63, 3.8) is 0 Å². The van der Waals surface area contributed by atoms with Crippen LogP contribution in [0.25, 0.3) is 11.1 Å². The number of aryl methyl sites for hydroxylation is 1. The van der Waals surface area contributed by atoms with E-state index in [1.807, 2.05) is 36.4 Å². The number of rotatable bonds is 7. The number of alkyl halides is 6. The molecular weight excluding hydrogens is 390 g/mol. The van der Waals surface area contributed by atoms with Gasteiger partial charge in [0, 0.05) is 0 Å². The molecule has 0 nitrogen and oxygen atoms in total. The molecule has 0 saturated heterocycles. The second kappa shape index (κ2) is 8.41. The molecule has 1 aliphatic carbocycles. The maximum Gasteiger partial charge on any atom is 0.391 e. The monoisotopic (exact) mass is 414 g/mol. The molecule has 6 heteroatoms. The number of hydrogen-bond acceptors (Lipinski definition) is 0. The molecule has 0 aliphatic heterocycles. The van der Waals surface area contributed by atoms with Crippen LogP contribution in [0.4, 0.5) is 26.3 Å². The van der Waals surface area contributed by atoms with Gasteiger partial charge in [-0.15, -0.1) is 0 Å². The first-order valence-electron chi connectivity index (χ1n) is 9.93. The standard InChI is InChI=1S/C23H24F6/c1-2-6-17(22(24,25)26)14-18(23(27,28)29)12-11-15-8-5-10-20-19-9-4-3-7-16(19)13-21(15)20/h3-5,7-10,17-18H,2,6,11-14H2,1H3. The van der Waals surface area contributed by atoms with Crippen LogP contribution >= 0.6 is 0 Å². The molecule has 0 N–H and O–H groups in total. The van der Waals surface area contributed by atoms with Crippen molar-refractivity contribution >= 4 is 0 Å². The highest BCUT2D eigenvalue weighted by atomic mass is 19.4. The summed E-state index contributed by atoms with van der Waals surface area (Å²) in [6, 6.07) is 13.4. The molecule has 158 valence electrons. The number of hydrogen-bond donors (Lipinski definition) is 0. The normalized spacial score (nSPS) is 15.7. The van der Waals surface area contributed by atoms with Gasteiger partial charge in [0.15, 0.2) is 0 Å². The molecule has 0 spiro atoms. The Balaban J connectivity index is 1.78. The molecule has 0 fully saturated rings. The van der Waals surface area contributed by atoms with Gasteiger partial charge in [-0.1, -0.05) is 55.8 Å². The SMILES string of the molecule is CCCC(CC(CCc1cccc2c1Cc1ccccc1-2)C(F)(F)F)C(F)(F)F. The Bertz CT molecular complexity index is 834. The summed E-state index contributed by atoms with van der Waals surface area (Å²) >= 11 is 0. The van der Waals surface area contributed by atoms with Crippen LogP contribution in [0.15, 0.2) is 42.5 Å². The van der Waals surface area contributed by atoms with Crippen molar-refractivity contribution in [3.05, 3.63) is 59.2 Å². The largest absolute Gasteiger partial charge is 0.391 e. The topological polar surface area (TPSA) is 0 Å². The third kappa shape index (κ3) is 4.96. The van der Waals surface area contributed by atoms with E-state index >= 15 is 0 Å². The average molecular weight is 414 g/mol. The first-order chi connectivity index (χ1) is 13.6. The van der Waals surface area contributed by atoms with Gasteiger partial charge in [0.1, 0.15) is 0 Å². The zero-order valence-corrected chi connectivity index (χ0v) is 16.2. The van der Waals surface area contributed by atoms with E-state index in [1.165, 1.54) is 0 Å². The molecule has 0 saturated carbocycles. The van der Waals surface area contributed by atoms with Gasteiger partial charge in [-0.25, -0.2) is 0 Å². The summed E-state index contributed by atoms with van der Waals surface area (Å²) in [6.07, 6.45) is -9.75. The van der Waals surface area contributed by atoms with E-state index in [-0.39, 0.29) is 25.7 Å². The first-order valence-corrected chi connectivity index (χ1v) is 9.93. The second-order valence-corrected chi connectivity index (χ2v) is 7.82. The van der Waals surface area contributed by atoms with Crippen LogP contribution in [0.5, 0.6) is 0 Å². The molecule has 2 unspecified atom stereocenters. The molecule has 0 aromatic heterocycles. The third-order valence-electron chi connectivity index (χ3n) is 5.84. The number of benzene rings is 2. The highest BCUT2D eigenvalue weighted by Crippen LogP contribution is 2.43. The lowest BCUT2D eigenvalue weighted by Crippen LogP contribution is -2.32. The summed E-state index contributed by atoms with van der Waals surface area (Å²) in [5, 5.41) is 0. The Morgan fingerprint density at radius 1 is 0.793 bits per heavy atom. The molecule has 0 heterocycles. The molecule has 2 aromatic carbocycles. The van der Waals surface area contributed by atoms with Crippen LogP contribution in [0.1, 0.15) is 49.3 Å². The summed E-state index contributed by atoms with van der Waals surface area (Å²) < 4.78 is 80.1. The Kier molecular flexibility index (Phi) is 6.30. The maximum atomic E-state index is 13.5. The Morgan fingerprint density at radius 2 is 1.41 bits per heavy atom. The Morgan fingerprint density at radius 3 is 2.07 bits per heavy atom. The molecule has 1 aliphatic rings. The van der Waals surface area contributed by atoms with Crippen LogP contribution in [0.2, 0.25) is 0 Å².